The van der Waals surface area contributed by atoms with E-state index in [2.05, 4.69) is 6.07 Å². The number of allylic oxidation sites excluding steroid dienone is 1. The van der Waals surface area contributed by atoms with Crippen molar-refractivity contribution in [3.8, 4) is 6.07 Å². The van der Waals surface area contributed by atoms with Crippen molar-refractivity contribution in [1.82, 2.24) is 0 Å². The minimum atomic E-state index is -0.984. The molecule has 0 atom stereocenters. The van der Waals surface area contributed by atoms with Crippen molar-refractivity contribution < 1.29 is 5.11 Å². The highest BCUT2D eigenvalue weighted by Gasteiger charge is 2.17. The predicted molar refractivity (Wildman–Crippen MR) is 95.1 cm³/mol. The standard InChI is InChI=1S/C18H19N3OS/c1-18(2,22)13-7-5-6-12(10-13)14(11-19)17(21)23-16-9-4-3-8-15(16)20/h3-10,22H,20-21H2,1-2H3/b17-14+. The molecule has 0 aliphatic heterocycles. The van der Waals surface area contributed by atoms with Gasteiger partial charge in [-0.25, -0.2) is 0 Å². The van der Waals surface area contributed by atoms with Gasteiger partial charge in [-0.2, -0.15) is 5.26 Å². The van der Waals surface area contributed by atoms with E-state index in [0.29, 0.717) is 21.9 Å². The van der Waals surface area contributed by atoms with Crippen LogP contribution in [0.5, 0.6) is 0 Å². The molecule has 5 heteroatoms. The molecule has 0 radical (unpaired) electrons. The molecule has 4 nitrogen and oxygen atoms in total. The molecule has 2 aromatic carbocycles. The van der Waals surface area contributed by atoms with Gasteiger partial charge in [-0.1, -0.05) is 42.1 Å². The van der Waals surface area contributed by atoms with E-state index in [4.69, 9.17) is 11.5 Å². The fourth-order valence-corrected chi connectivity index (χ4v) is 2.90. The van der Waals surface area contributed by atoms with Crippen molar-refractivity contribution >= 4 is 23.0 Å². The first-order chi connectivity index (χ1) is 10.8. The van der Waals surface area contributed by atoms with Crippen LogP contribution in [-0.4, -0.2) is 5.11 Å². The van der Waals surface area contributed by atoms with Crippen LogP contribution in [0.2, 0.25) is 0 Å². The maximum absolute atomic E-state index is 10.1. The average molecular weight is 325 g/mol. The van der Waals surface area contributed by atoms with Crippen molar-refractivity contribution in [3.05, 3.63) is 64.7 Å². The Morgan fingerprint density at radius 2 is 1.87 bits per heavy atom. The summed E-state index contributed by atoms with van der Waals surface area (Å²) < 4.78 is 0. The summed E-state index contributed by atoms with van der Waals surface area (Å²) in [5.41, 5.74) is 13.4. The molecule has 0 aromatic heterocycles. The van der Waals surface area contributed by atoms with Crippen molar-refractivity contribution in [2.24, 2.45) is 5.73 Å². The van der Waals surface area contributed by atoms with Crippen LogP contribution in [0.25, 0.3) is 5.57 Å². The number of nitrogens with two attached hydrogens (primary N) is 2. The maximum atomic E-state index is 10.1. The number of hydrogen-bond acceptors (Lipinski definition) is 5. The Kier molecular flexibility index (Phi) is 4.99. The first kappa shape index (κ1) is 16.9. The third kappa shape index (κ3) is 4.07. The molecule has 0 fully saturated rings. The number of para-hydroxylation sites is 1. The lowest BCUT2D eigenvalue weighted by Gasteiger charge is -2.18. The zero-order valence-electron chi connectivity index (χ0n) is 13.1. The number of hydrogen-bond donors (Lipinski definition) is 3. The number of aliphatic hydroxyl groups is 1. The van der Waals surface area contributed by atoms with Gasteiger partial charge in [0.1, 0.15) is 6.07 Å². The third-order valence-electron chi connectivity index (χ3n) is 3.35. The SMILES string of the molecule is CC(C)(O)c1cccc(/C(C#N)=C(\N)Sc2ccccc2N)c1. The van der Waals surface area contributed by atoms with E-state index in [1.807, 2.05) is 24.3 Å². The van der Waals surface area contributed by atoms with Crippen LogP contribution in [0.1, 0.15) is 25.0 Å². The normalized spacial score (nSPS) is 12.4. The van der Waals surface area contributed by atoms with Gasteiger partial charge in [0.25, 0.3) is 0 Å². The van der Waals surface area contributed by atoms with Gasteiger partial charge in [0.05, 0.1) is 16.2 Å². The molecule has 0 amide bonds. The molecule has 5 N–H and O–H groups in total. The lowest BCUT2D eigenvalue weighted by Crippen LogP contribution is -2.15. The molecule has 118 valence electrons. The molecule has 23 heavy (non-hydrogen) atoms. The molecule has 0 aliphatic carbocycles. The second kappa shape index (κ2) is 6.78. The van der Waals surface area contributed by atoms with Crippen molar-refractivity contribution in [1.29, 1.82) is 5.26 Å². The first-order valence-corrected chi connectivity index (χ1v) is 7.90. The monoisotopic (exact) mass is 325 g/mol. The molecule has 0 saturated heterocycles. The van der Waals surface area contributed by atoms with Crippen molar-refractivity contribution in [2.45, 2.75) is 24.3 Å². The van der Waals surface area contributed by atoms with Crippen LogP contribution < -0.4 is 11.5 Å². The van der Waals surface area contributed by atoms with Gasteiger partial charge in [-0.05, 0) is 43.2 Å². The van der Waals surface area contributed by atoms with Crippen LogP contribution in [0.15, 0.2) is 58.5 Å². The van der Waals surface area contributed by atoms with Gasteiger partial charge in [-0.3, -0.25) is 0 Å². The molecule has 0 aliphatic rings. The van der Waals surface area contributed by atoms with Crippen molar-refractivity contribution in [2.75, 3.05) is 5.73 Å². The van der Waals surface area contributed by atoms with Gasteiger partial charge >= 0.3 is 0 Å². The molecule has 0 spiro atoms. The molecule has 0 saturated carbocycles. The summed E-state index contributed by atoms with van der Waals surface area (Å²) in [5.74, 6) is 0. The van der Waals surface area contributed by atoms with Gasteiger partial charge in [0, 0.05) is 10.6 Å². The van der Waals surface area contributed by atoms with E-state index >= 15 is 0 Å². The number of nitrogens with zero attached hydrogens (tertiary/aromatic N) is 1. The summed E-state index contributed by atoms with van der Waals surface area (Å²) in [6.45, 7) is 3.40. The van der Waals surface area contributed by atoms with Crippen LogP contribution in [0, 0.1) is 11.3 Å². The van der Waals surface area contributed by atoms with E-state index in [-0.39, 0.29) is 0 Å². The smallest absolute Gasteiger partial charge is 0.103 e. The van der Waals surface area contributed by atoms with Crippen LogP contribution in [0.3, 0.4) is 0 Å². The van der Waals surface area contributed by atoms with E-state index < -0.39 is 5.60 Å². The van der Waals surface area contributed by atoms with Gasteiger partial charge in [0.15, 0.2) is 0 Å². The average Bonchev–Trinajstić information content (AvgIpc) is 2.50. The molecule has 0 bridgehead atoms. The Hall–Kier alpha value is -2.42. The molecular formula is C18H19N3OS. The van der Waals surface area contributed by atoms with Crippen molar-refractivity contribution in [3.63, 3.8) is 0 Å². The Bertz CT molecular complexity index is 785. The first-order valence-electron chi connectivity index (χ1n) is 7.08. The minimum Gasteiger partial charge on any atom is -0.398 e. The van der Waals surface area contributed by atoms with E-state index in [9.17, 15) is 10.4 Å². The summed E-state index contributed by atoms with van der Waals surface area (Å²) in [4.78, 5) is 0.802. The van der Waals surface area contributed by atoms with Crippen LogP contribution in [0.4, 0.5) is 5.69 Å². The minimum absolute atomic E-state index is 0.365. The number of nitriles is 1. The lowest BCUT2D eigenvalue weighted by atomic mass is 9.95. The molecule has 2 rings (SSSR count). The van der Waals surface area contributed by atoms with E-state index in [0.717, 1.165) is 10.5 Å². The number of anilines is 1. The Morgan fingerprint density at radius 3 is 2.48 bits per heavy atom. The van der Waals surface area contributed by atoms with E-state index in [1.165, 1.54) is 11.8 Å². The highest BCUT2D eigenvalue weighted by Crippen LogP contribution is 2.33. The highest BCUT2D eigenvalue weighted by molar-refractivity contribution is 8.03. The summed E-state index contributed by atoms with van der Waals surface area (Å²) in [6, 6.07) is 16.7. The van der Waals surface area contributed by atoms with Crippen LogP contribution in [-0.2, 0) is 5.60 Å². The lowest BCUT2D eigenvalue weighted by molar-refractivity contribution is 0.0786. The van der Waals surface area contributed by atoms with Gasteiger partial charge in [-0.15, -0.1) is 0 Å². The van der Waals surface area contributed by atoms with Gasteiger partial charge < -0.3 is 16.6 Å². The summed E-state index contributed by atoms with van der Waals surface area (Å²) >= 11 is 1.26. The van der Waals surface area contributed by atoms with Crippen LogP contribution >= 0.6 is 11.8 Å². The molecule has 0 unspecified atom stereocenters. The predicted octanol–water partition coefficient (Wildman–Crippen LogP) is 3.44. The number of thioether (sulfide) groups is 1. The molecule has 0 heterocycles. The Labute approximate surface area is 140 Å². The second-order valence-corrected chi connectivity index (χ2v) is 6.71. The summed E-state index contributed by atoms with van der Waals surface area (Å²) in [6.07, 6.45) is 0. The Morgan fingerprint density at radius 1 is 1.17 bits per heavy atom. The summed E-state index contributed by atoms with van der Waals surface area (Å²) in [5, 5.41) is 20.0. The number of benzene rings is 2. The zero-order valence-corrected chi connectivity index (χ0v) is 13.9. The second-order valence-electron chi connectivity index (χ2n) is 5.63. The topological polar surface area (TPSA) is 96.1 Å². The molecule has 2 aromatic rings. The quantitative estimate of drug-likeness (QED) is 0.454. The third-order valence-corrected chi connectivity index (χ3v) is 4.37. The maximum Gasteiger partial charge on any atom is 0.103 e. The Balaban J connectivity index is 2.43. The molecular weight excluding hydrogens is 306 g/mol. The number of rotatable bonds is 4. The highest BCUT2D eigenvalue weighted by atomic mass is 32.2. The fraction of sp³-hybridized carbons (Fsp3) is 0.167. The largest absolute Gasteiger partial charge is 0.398 e. The summed E-state index contributed by atoms with van der Waals surface area (Å²) in [7, 11) is 0. The fourth-order valence-electron chi connectivity index (χ4n) is 2.06. The number of nitrogen functional groups attached to an aromatic ring is 1. The zero-order chi connectivity index (χ0) is 17.0. The van der Waals surface area contributed by atoms with Gasteiger partial charge in [0.2, 0.25) is 0 Å². The van der Waals surface area contributed by atoms with E-state index in [1.54, 1.807) is 38.1 Å².